The van der Waals surface area contributed by atoms with Gasteiger partial charge in [0.2, 0.25) is 5.43 Å². The highest BCUT2D eigenvalue weighted by molar-refractivity contribution is 5.93. The molecule has 18 atom stereocenters. The topological polar surface area (TPSA) is 236 Å². The predicted molar refractivity (Wildman–Crippen MR) is 299 cm³/mol. The zero-order chi connectivity index (χ0) is 58.7. The smallest absolute Gasteiger partial charge is 0.341 e. The molecule has 3 aliphatic rings. The summed E-state index contributed by atoms with van der Waals surface area (Å²) >= 11 is 0. The van der Waals surface area contributed by atoms with Crippen LogP contribution in [0.4, 0.5) is 0 Å². The van der Waals surface area contributed by atoms with E-state index in [4.69, 9.17) is 47.4 Å². The largest absolute Gasteiger partial charge is 0.477 e. The molecule has 0 unspecified atom stereocenters. The van der Waals surface area contributed by atoms with Crippen LogP contribution in [0.2, 0.25) is 0 Å². The Morgan fingerprint density at radius 2 is 1.61 bits per heavy atom. The number of esters is 1. The number of carboxylic acids is 1. The third-order valence-corrected chi connectivity index (χ3v) is 16.7. The van der Waals surface area contributed by atoms with Crippen LogP contribution in [0.5, 0.6) is 0 Å². The monoisotopic (exact) mass is 1120 g/mol. The number of carboxylic acid groups (broad SMARTS) is 1. The van der Waals surface area contributed by atoms with Crippen molar-refractivity contribution in [3.63, 3.8) is 0 Å². The van der Waals surface area contributed by atoms with Gasteiger partial charge in [-0.15, -0.1) is 0 Å². The lowest BCUT2D eigenvalue weighted by Gasteiger charge is -2.49. The van der Waals surface area contributed by atoms with Gasteiger partial charge in [-0.3, -0.25) is 9.59 Å². The number of fused-ring (bicyclic) bond motifs is 1. The van der Waals surface area contributed by atoms with E-state index in [1.807, 2.05) is 106 Å². The number of carbonyl (C=O) groups excluding carboxylic acids is 1. The third-order valence-electron chi connectivity index (χ3n) is 16.7. The Balaban J connectivity index is 1.27. The van der Waals surface area contributed by atoms with Gasteiger partial charge in [0.15, 0.2) is 12.6 Å². The number of pyridine rings is 1. The number of hydrogen-bond acceptors (Lipinski definition) is 18. The molecule has 0 amide bonds. The lowest BCUT2D eigenvalue weighted by atomic mass is 9.77. The minimum absolute atomic E-state index is 0.119. The van der Waals surface area contributed by atoms with Crippen LogP contribution in [-0.4, -0.2) is 212 Å². The van der Waals surface area contributed by atoms with Crippen molar-refractivity contribution in [1.29, 1.82) is 0 Å². The van der Waals surface area contributed by atoms with Gasteiger partial charge in [0.05, 0.1) is 66.9 Å². The summed E-state index contributed by atoms with van der Waals surface area (Å²) in [5, 5.41) is 46.7. The molecule has 2 aromatic rings. The molecule has 1 aromatic carbocycles. The van der Waals surface area contributed by atoms with Crippen molar-refractivity contribution >= 4 is 28.9 Å². The van der Waals surface area contributed by atoms with E-state index in [2.05, 4.69) is 4.90 Å². The molecule has 20 heteroatoms. The Hall–Kier alpha value is -3.45. The van der Waals surface area contributed by atoms with Crippen LogP contribution in [0, 0.1) is 17.8 Å². The van der Waals surface area contributed by atoms with Crippen molar-refractivity contribution < 1.29 is 77.4 Å². The maximum absolute atomic E-state index is 14.7. The molecule has 0 aliphatic carbocycles. The van der Waals surface area contributed by atoms with Gasteiger partial charge in [-0.25, -0.2) is 4.79 Å². The average molecular weight is 1120 g/mol. The number of ether oxygens (including phenoxy) is 10. The van der Waals surface area contributed by atoms with Crippen LogP contribution in [0.25, 0.3) is 17.0 Å². The Kier molecular flexibility index (Phi) is 24.5. The Morgan fingerprint density at radius 3 is 2.24 bits per heavy atom. The number of aryl methyl sites for hydroxylation is 1. The summed E-state index contributed by atoms with van der Waals surface area (Å²) in [7, 11) is 8.89. The Morgan fingerprint density at radius 1 is 0.911 bits per heavy atom. The molecule has 3 aliphatic heterocycles. The van der Waals surface area contributed by atoms with Crippen molar-refractivity contribution in [3.8, 4) is 0 Å². The SMILES string of the molecule is CC[C@H]1OC(=O)[C@H](C)[C@@H](O[C@H]2C[C@@](C)(OC)[C@@H](OCCCOCCOCC=Cc3ccc4c(c3)c(=O)c(C(=O)O)cn4CC)[C@H](C)O2)[C@H](C)[C@@H](O[C@@H]2O[C@H](C)C[C@H](N(C)C)[C@H]2O)[C@](C)(O)C[C@@H](C)CN(C)[C@H](C)[C@@H](OC)[C@]1(C)O. The van der Waals surface area contributed by atoms with E-state index < -0.39 is 101 Å². The molecular weight excluding hydrogens is 1020 g/mol. The zero-order valence-electron chi connectivity index (χ0n) is 50.0. The number of hydrogen-bond donors (Lipinski definition) is 4. The first-order valence-electron chi connectivity index (χ1n) is 28.4. The predicted octanol–water partition coefficient (Wildman–Crippen LogP) is 5.75. The summed E-state index contributed by atoms with van der Waals surface area (Å²) < 4.78 is 65.1. The van der Waals surface area contributed by atoms with E-state index in [1.165, 1.54) is 13.3 Å². The number of benzene rings is 1. The van der Waals surface area contributed by atoms with Crippen LogP contribution in [0.15, 0.2) is 35.3 Å². The Bertz CT molecular complexity index is 2350. The molecule has 4 N–H and O–H groups in total. The lowest BCUT2D eigenvalue weighted by molar-refractivity contribution is -0.321. The molecule has 0 spiro atoms. The fourth-order valence-electron chi connectivity index (χ4n) is 12.3. The first-order valence-corrected chi connectivity index (χ1v) is 28.4. The summed E-state index contributed by atoms with van der Waals surface area (Å²) in [5.41, 5.74) is -3.45. The number of likely N-dealkylation sites (N-methyl/N-ethyl adjacent to an activating group) is 2. The number of cyclic esters (lactones) is 1. The van der Waals surface area contributed by atoms with Crippen molar-refractivity contribution in [2.45, 2.75) is 205 Å². The number of rotatable bonds is 21. The van der Waals surface area contributed by atoms with Gasteiger partial charge >= 0.3 is 11.9 Å². The van der Waals surface area contributed by atoms with Gasteiger partial charge in [0.1, 0.15) is 35.6 Å². The minimum atomic E-state index is -1.61. The quantitative estimate of drug-likeness (QED) is 0.0860. The number of carbonyl (C=O) groups is 2. The number of aromatic carboxylic acids is 1. The molecule has 450 valence electrons. The fourth-order valence-corrected chi connectivity index (χ4v) is 12.3. The number of aromatic nitrogens is 1. The minimum Gasteiger partial charge on any atom is -0.477 e. The van der Waals surface area contributed by atoms with Crippen molar-refractivity contribution in [2.75, 3.05) is 74.9 Å². The number of aliphatic hydroxyl groups excluding tert-OH is 1. The molecule has 3 saturated heterocycles. The normalized spacial score (nSPS) is 36.8. The summed E-state index contributed by atoms with van der Waals surface area (Å²) in [5.74, 6) is -3.78. The first kappa shape index (κ1) is 66.4. The highest BCUT2D eigenvalue weighted by Crippen LogP contribution is 2.41. The number of methoxy groups -OCH3 is 2. The summed E-state index contributed by atoms with van der Waals surface area (Å²) in [6, 6.07) is 4.76. The molecule has 20 nitrogen and oxygen atoms in total. The number of nitrogens with zero attached hydrogens (tertiary/aromatic N) is 3. The molecule has 1 aromatic heterocycles. The average Bonchev–Trinajstić information content (AvgIpc) is 3.40. The van der Waals surface area contributed by atoms with Crippen LogP contribution in [-0.2, 0) is 58.7 Å². The summed E-state index contributed by atoms with van der Waals surface area (Å²) in [4.78, 5) is 43.3. The maximum atomic E-state index is 14.7. The fraction of sp³-hybridized carbons (Fsp3) is 0.780. The van der Waals surface area contributed by atoms with Crippen LogP contribution in [0.3, 0.4) is 0 Å². The van der Waals surface area contributed by atoms with E-state index in [0.717, 1.165) is 5.56 Å². The molecule has 0 bridgehead atoms. The van der Waals surface area contributed by atoms with Gasteiger partial charge in [0.25, 0.3) is 0 Å². The van der Waals surface area contributed by atoms with Crippen molar-refractivity contribution in [3.05, 3.63) is 51.8 Å². The van der Waals surface area contributed by atoms with E-state index >= 15 is 0 Å². The highest BCUT2D eigenvalue weighted by atomic mass is 16.7. The van der Waals surface area contributed by atoms with Crippen molar-refractivity contribution in [2.24, 2.45) is 17.8 Å². The highest BCUT2D eigenvalue weighted by Gasteiger charge is 2.53. The summed E-state index contributed by atoms with van der Waals surface area (Å²) in [6.45, 7) is 23.2. The van der Waals surface area contributed by atoms with E-state index in [1.54, 1.807) is 38.5 Å². The molecule has 3 fully saturated rings. The molecule has 4 heterocycles. The lowest BCUT2D eigenvalue weighted by Crippen LogP contribution is -2.61. The molecule has 0 saturated carbocycles. The Labute approximate surface area is 468 Å². The second-order valence-corrected chi connectivity index (χ2v) is 23.4. The van der Waals surface area contributed by atoms with Crippen LogP contribution >= 0.6 is 0 Å². The second-order valence-electron chi connectivity index (χ2n) is 23.4. The van der Waals surface area contributed by atoms with Gasteiger partial charge in [-0.2, -0.15) is 0 Å². The molecule has 5 rings (SSSR count). The van der Waals surface area contributed by atoms with Gasteiger partial charge in [0, 0.05) is 76.5 Å². The van der Waals surface area contributed by atoms with Gasteiger partial charge < -0.3 is 82.2 Å². The zero-order valence-corrected chi connectivity index (χ0v) is 50.0. The molecular formula is C59H97N3O17. The maximum Gasteiger partial charge on any atom is 0.341 e. The van der Waals surface area contributed by atoms with E-state index in [-0.39, 0.29) is 42.5 Å². The van der Waals surface area contributed by atoms with E-state index in [9.17, 15) is 34.8 Å². The summed E-state index contributed by atoms with van der Waals surface area (Å²) in [6.07, 6.45) is -1.36. The van der Waals surface area contributed by atoms with E-state index in [0.29, 0.717) is 76.3 Å². The van der Waals surface area contributed by atoms with Gasteiger partial charge in [-0.1, -0.05) is 39.0 Å². The third kappa shape index (κ3) is 16.4. The second kappa shape index (κ2) is 29.2. The first-order chi connectivity index (χ1) is 37.1. The molecule has 79 heavy (non-hydrogen) atoms. The van der Waals surface area contributed by atoms with Gasteiger partial charge in [-0.05, 0) is 126 Å². The number of aliphatic hydroxyl groups is 3. The van der Waals surface area contributed by atoms with Crippen molar-refractivity contribution in [1.82, 2.24) is 14.4 Å². The van der Waals surface area contributed by atoms with Crippen LogP contribution < -0.4 is 5.43 Å². The van der Waals surface area contributed by atoms with Crippen LogP contribution in [0.1, 0.15) is 124 Å². The standard InChI is InChI=1S/C59H97N3O17/c1-17-46-59(11,69)52(70-15)39(7)61(14)33-35(3)31-57(9,68)51(79-56-49(64)45(60(12)13)29-36(4)75-56)37(5)50(38(6)55(67)77-46)78-47-32-58(10,71-16)53(40(8)76-47)74-26-20-25-73-28-27-72-24-19-21-41-22-23-44-42(30-41)48(63)43(54(65)66)34-62(44)18-2/h19,21-23,30,34-40,45-47,49-53,56,64,68-69H,17-18,20,24-29,31-33H2,1-16H3,(H,65,66)/t35-,36-,37+,38-,39-,40+,45+,46-,47+,49-,50+,51-,52-,53+,56+,57-,58-,59-/m1/s1. The molecule has 0 radical (unpaired) electrons.